The van der Waals surface area contributed by atoms with Crippen LogP contribution in [0.5, 0.6) is 0 Å². The van der Waals surface area contributed by atoms with Crippen molar-refractivity contribution in [1.82, 2.24) is 0 Å². The molecule has 1 rings (SSSR count). The zero-order valence-corrected chi connectivity index (χ0v) is 13.0. The molecule has 1 aliphatic rings. The Morgan fingerprint density at radius 2 is 2.10 bits per heavy atom. The van der Waals surface area contributed by atoms with E-state index in [9.17, 15) is 15.0 Å². The van der Waals surface area contributed by atoms with Crippen molar-refractivity contribution in [3.63, 3.8) is 0 Å². The summed E-state index contributed by atoms with van der Waals surface area (Å²) in [5, 5.41) is 19.0. The van der Waals surface area contributed by atoms with Gasteiger partial charge in [0.2, 0.25) is 0 Å². The molecule has 0 amide bonds. The highest BCUT2D eigenvalue weighted by atomic mass is 16.5. The molecule has 0 aromatic carbocycles. The van der Waals surface area contributed by atoms with Gasteiger partial charge in [-0.3, -0.25) is 4.79 Å². The van der Waals surface area contributed by atoms with Crippen molar-refractivity contribution in [3.8, 4) is 0 Å². The van der Waals surface area contributed by atoms with Gasteiger partial charge in [0.05, 0.1) is 18.6 Å². The Bertz CT molecular complexity index is 360. The highest BCUT2D eigenvalue weighted by molar-refractivity contribution is 5.75. The summed E-state index contributed by atoms with van der Waals surface area (Å²) in [7, 11) is 0. The van der Waals surface area contributed by atoms with E-state index in [1.54, 1.807) is 12.2 Å². The molecule has 21 heavy (non-hydrogen) atoms. The molecular weight excluding hydrogens is 268 g/mol. The number of unbranched alkanes of at least 4 members (excludes halogenated alkanes) is 4. The Morgan fingerprint density at radius 1 is 1.33 bits per heavy atom. The Morgan fingerprint density at radius 3 is 2.76 bits per heavy atom. The van der Waals surface area contributed by atoms with Crippen LogP contribution in [-0.2, 0) is 9.53 Å². The largest absolute Gasteiger partial charge is 0.508 e. The first-order valence-corrected chi connectivity index (χ1v) is 8.05. The second-order valence-electron chi connectivity index (χ2n) is 5.64. The SMILES string of the molecule is CCCCCCCC(O)CCOC(=O)C1C=CC(O)=CC1. The lowest BCUT2D eigenvalue weighted by molar-refractivity contribution is -0.147. The molecule has 2 N–H and O–H groups in total. The zero-order valence-electron chi connectivity index (χ0n) is 13.0. The van der Waals surface area contributed by atoms with Crippen LogP contribution in [0.4, 0.5) is 0 Å². The predicted molar refractivity (Wildman–Crippen MR) is 82.9 cm³/mol. The lowest BCUT2D eigenvalue weighted by atomic mass is 10.0. The molecule has 120 valence electrons. The Labute approximate surface area is 127 Å². The van der Waals surface area contributed by atoms with E-state index >= 15 is 0 Å². The molecule has 2 atom stereocenters. The molecule has 4 heteroatoms. The van der Waals surface area contributed by atoms with Gasteiger partial charge in [-0.2, -0.15) is 0 Å². The Hall–Kier alpha value is -1.29. The number of aliphatic hydroxyl groups excluding tert-OH is 2. The van der Waals surface area contributed by atoms with Gasteiger partial charge in [-0.05, 0) is 25.0 Å². The van der Waals surface area contributed by atoms with Gasteiger partial charge in [-0.25, -0.2) is 0 Å². The van der Waals surface area contributed by atoms with Crippen LogP contribution in [0.2, 0.25) is 0 Å². The highest BCUT2D eigenvalue weighted by Crippen LogP contribution is 2.16. The summed E-state index contributed by atoms with van der Waals surface area (Å²) in [6.45, 7) is 2.44. The van der Waals surface area contributed by atoms with Crippen LogP contribution in [0, 0.1) is 5.92 Å². The molecule has 0 saturated heterocycles. The summed E-state index contributed by atoms with van der Waals surface area (Å²) >= 11 is 0. The fourth-order valence-electron chi connectivity index (χ4n) is 2.31. The van der Waals surface area contributed by atoms with Crippen molar-refractivity contribution in [1.29, 1.82) is 0 Å². The molecule has 4 nitrogen and oxygen atoms in total. The third kappa shape index (κ3) is 7.90. The normalized spacial score (nSPS) is 19.1. The van der Waals surface area contributed by atoms with E-state index in [0.29, 0.717) is 12.8 Å². The number of carbonyl (C=O) groups excluding carboxylic acids is 1. The first kappa shape index (κ1) is 17.8. The smallest absolute Gasteiger partial charge is 0.313 e. The predicted octanol–water partition coefficient (Wildman–Crippen LogP) is 3.66. The van der Waals surface area contributed by atoms with Gasteiger partial charge in [0.1, 0.15) is 5.76 Å². The van der Waals surface area contributed by atoms with Crippen LogP contribution in [0.1, 0.15) is 58.3 Å². The highest BCUT2D eigenvalue weighted by Gasteiger charge is 2.18. The summed E-state index contributed by atoms with van der Waals surface area (Å²) in [6, 6.07) is 0. The van der Waals surface area contributed by atoms with Gasteiger partial charge in [0, 0.05) is 6.42 Å². The molecule has 0 heterocycles. The molecule has 0 spiro atoms. The van der Waals surface area contributed by atoms with Gasteiger partial charge in [-0.15, -0.1) is 0 Å². The first-order chi connectivity index (χ1) is 10.1. The third-order valence-corrected chi connectivity index (χ3v) is 3.72. The van der Waals surface area contributed by atoms with E-state index in [1.165, 1.54) is 25.3 Å². The van der Waals surface area contributed by atoms with E-state index in [4.69, 9.17) is 4.74 Å². The van der Waals surface area contributed by atoms with E-state index in [-0.39, 0.29) is 30.4 Å². The number of hydrogen-bond donors (Lipinski definition) is 2. The summed E-state index contributed by atoms with van der Waals surface area (Å²) in [4.78, 5) is 11.8. The van der Waals surface area contributed by atoms with Crippen LogP contribution in [0.15, 0.2) is 24.0 Å². The number of hydrogen-bond acceptors (Lipinski definition) is 4. The molecule has 0 fully saturated rings. The molecular formula is C17H28O4. The fourth-order valence-corrected chi connectivity index (χ4v) is 2.31. The minimum absolute atomic E-state index is 0.192. The molecule has 0 saturated carbocycles. The monoisotopic (exact) mass is 296 g/mol. The molecule has 0 aromatic rings. The summed E-state index contributed by atoms with van der Waals surface area (Å²) in [6.07, 6.45) is 12.0. The first-order valence-electron chi connectivity index (χ1n) is 8.05. The number of allylic oxidation sites excluding steroid dienone is 2. The van der Waals surface area contributed by atoms with Crippen LogP contribution in [-0.4, -0.2) is 28.9 Å². The van der Waals surface area contributed by atoms with Gasteiger partial charge >= 0.3 is 5.97 Å². The van der Waals surface area contributed by atoms with Gasteiger partial charge < -0.3 is 14.9 Å². The summed E-state index contributed by atoms with van der Waals surface area (Å²) < 4.78 is 5.17. The number of rotatable bonds is 10. The molecule has 0 radical (unpaired) electrons. The van der Waals surface area contributed by atoms with Crippen molar-refractivity contribution in [2.45, 2.75) is 64.4 Å². The number of esters is 1. The molecule has 0 aliphatic heterocycles. The van der Waals surface area contributed by atoms with Crippen LogP contribution in [0.25, 0.3) is 0 Å². The number of ether oxygens (including phenoxy) is 1. The molecule has 0 aromatic heterocycles. The van der Waals surface area contributed by atoms with Gasteiger partial charge in [0.15, 0.2) is 0 Å². The quantitative estimate of drug-likeness (QED) is 0.477. The second kappa shape index (κ2) is 10.4. The average molecular weight is 296 g/mol. The topological polar surface area (TPSA) is 66.8 Å². The second-order valence-corrected chi connectivity index (χ2v) is 5.64. The maximum absolute atomic E-state index is 11.8. The Kier molecular flexibility index (Phi) is 8.83. The fraction of sp³-hybridized carbons (Fsp3) is 0.706. The van der Waals surface area contributed by atoms with E-state index in [0.717, 1.165) is 19.3 Å². The number of carbonyl (C=O) groups is 1. The Balaban J connectivity index is 2.05. The lowest BCUT2D eigenvalue weighted by Gasteiger charge is -2.15. The summed E-state index contributed by atoms with van der Waals surface area (Å²) in [5.74, 6) is -0.408. The standard InChI is InChI=1S/C17H28O4/c1-2-3-4-5-6-7-15(18)12-13-21-17(20)14-8-10-16(19)11-9-14/h8,10-11,14-15,18-19H,2-7,9,12-13H2,1H3. The van der Waals surface area contributed by atoms with Crippen LogP contribution >= 0.6 is 0 Å². The zero-order chi connectivity index (χ0) is 15.5. The van der Waals surface area contributed by atoms with E-state index < -0.39 is 0 Å². The van der Waals surface area contributed by atoms with Crippen molar-refractivity contribution >= 4 is 5.97 Å². The van der Waals surface area contributed by atoms with Crippen molar-refractivity contribution in [3.05, 3.63) is 24.0 Å². The van der Waals surface area contributed by atoms with Gasteiger partial charge in [0.25, 0.3) is 0 Å². The third-order valence-electron chi connectivity index (χ3n) is 3.72. The van der Waals surface area contributed by atoms with E-state index in [1.807, 2.05) is 0 Å². The maximum Gasteiger partial charge on any atom is 0.313 e. The molecule has 2 unspecified atom stereocenters. The van der Waals surface area contributed by atoms with E-state index in [2.05, 4.69) is 6.92 Å². The van der Waals surface area contributed by atoms with Crippen LogP contribution in [0.3, 0.4) is 0 Å². The number of aliphatic hydroxyl groups is 2. The van der Waals surface area contributed by atoms with Crippen molar-refractivity contribution in [2.24, 2.45) is 5.92 Å². The summed E-state index contributed by atoms with van der Waals surface area (Å²) in [5.41, 5.74) is 0. The van der Waals surface area contributed by atoms with Crippen molar-refractivity contribution in [2.75, 3.05) is 6.61 Å². The van der Waals surface area contributed by atoms with Crippen LogP contribution < -0.4 is 0 Å². The lowest BCUT2D eigenvalue weighted by Crippen LogP contribution is -2.19. The van der Waals surface area contributed by atoms with Gasteiger partial charge in [-0.1, -0.05) is 45.1 Å². The maximum atomic E-state index is 11.8. The minimum Gasteiger partial charge on any atom is -0.508 e. The minimum atomic E-state index is -0.384. The average Bonchev–Trinajstić information content (AvgIpc) is 2.47. The molecule has 0 bridgehead atoms. The molecule has 1 aliphatic carbocycles. The van der Waals surface area contributed by atoms with Crippen molar-refractivity contribution < 1.29 is 19.7 Å².